The Hall–Kier alpha value is -3.33. The largest absolute Gasteiger partial charge is 0.490 e. The van der Waals surface area contributed by atoms with Gasteiger partial charge in [0.2, 0.25) is 11.8 Å². The van der Waals surface area contributed by atoms with E-state index in [-0.39, 0.29) is 35.5 Å². The number of ether oxygens (including phenoxy) is 1. The first-order valence-corrected chi connectivity index (χ1v) is 11.7. The summed E-state index contributed by atoms with van der Waals surface area (Å²) in [6.07, 6.45) is 1.94. The van der Waals surface area contributed by atoms with E-state index in [4.69, 9.17) is 4.74 Å². The number of benzene rings is 2. The van der Waals surface area contributed by atoms with Crippen molar-refractivity contribution in [1.82, 2.24) is 0 Å². The number of fused-ring (bicyclic) bond motifs is 1. The molecule has 0 spiro atoms. The molecule has 8 nitrogen and oxygen atoms in total. The standard InChI is InChI=1S/C23H27N3O5S/c1-5-13-26-19-14-17(9-12-20(19)31-15-23(3,4)22(26)28)25-32(29,30)18-10-7-16(8-11-18)24-21(27)6-2/h5,7-12,14,25H,1,6,13,15H2,2-4H3,(H,24,27). The average molecular weight is 458 g/mol. The van der Waals surface area contributed by atoms with Crippen molar-refractivity contribution in [3.05, 3.63) is 55.1 Å². The van der Waals surface area contributed by atoms with Gasteiger partial charge in [0, 0.05) is 18.7 Å². The second kappa shape index (κ2) is 9.04. The summed E-state index contributed by atoms with van der Waals surface area (Å²) in [4.78, 5) is 26.1. The molecule has 2 amide bonds. The van der Waals surface area contributed by atoms with Crippen LogP contribution in [-0.2, 0) is 19.6 Å². The van der Waals surface area contributed by atoms with Crippen molar-refractivity contribution in [2.24, 2.45) is 5.41 Å². The fraction of sp³-hybridized carbons (Fsp3) is 0.304. The molecule has 0 fully saturated rings. The Kier molecular flexibility index (Phi) is 6.59. The van der Waals surface area contributed by atoms with Crippen LogP contribution in [0.25, 0.3) is 0 Å². The zero-order chi connectivity index (χ0) is 23.5. The number of anilines is 3. The van der Waals surface area contributed by atoms with Crippen LogP contribution in [0.2, 0.25) is 0 Å². The second-order valence-electron chi connectivity index (χ2n) is 8.09. The monoisotopic (exact) mass is 457 g/mol. The predicted molar refractivity (Wildman–Crippen MR) is 124 cm³/mol. The molecule has 32 heavy (non-hydrogen) atoms. The highest BCUT2D eigenvalue weighted by Gasteiger charge is 2.37. The highest BCUT2D eigenvalue weighted by atomic mass is 32.2. The normalized spacial score (nSPS) is 15.2. The minimum Gasteiger partial charge on any atom is -0.490 e. The van der Waals surface area contributed by atoms with E-state index in [9.17, 15) is 18.0 Å². The van der Waals surface area contributed by atoms with Gasteiger partial charge in [-0.15, -0.1) is 6.58 Å². The lowest BCUT2D eigenvalue weighted by atomic mass is 9.93. The summed E-state index contributed by atoms with van der Waals surface area (Å²) >= 11 is 0. The zero-order valence-electron chi connectivity index (χ0n) is 18.3. The molecule has 3 rings (SSSR count). The van der Waals surface area contributed by atoms with E-state index in [1.807, 2.05) is 0 Å². The highest BCUT2D eigenvalue weighted by molar-refractivity contribution is 7.92. The summed E-state index contributed by atoms with van der Waals surface area (Å²) in [5.74, 6) is 0.193. The molecule has 1 aliphatic heterocycles. The van der Waals surface area contributed by atoms with E-state index in [1.165, 1.54) is 24.3 Å². The summed E-state index contributed by atoms with van der Waals surface area (Å²) < 4.78 is 34.1. The van der Waals surface area contributed by atoms with Crippen molar-refractivity contribution in [1.29, 1.82) is 0 Å². The SMILES string of the molecule is C=CCN1C(=O)C(C)(C)COc2ccc(NS(=O)(=O)c3ccc(NC(=O)CC)cc3)cc21. The lowest BCUT2D eigenvalue weighted by Gasteiger charge is -2.27. The van der Waals surface area contributed by atoms with Crippen molar-refractivity contribution in [2.75, 3.05) is 28.1 Å². The van der Waals surface area contributed by atoms with E-state index in [2.05, 4.69) is 16.6 Å². The smallest absolute Gasteiger partial charge is 0.261 e. The van der Waals surface area contributed by atoms with Crippen molar-refractivity contribution in [3.63, 3.8) is 0 Å². The maximum absolute atomic E-state index is 13.0. The fourth-order valence-corrected chi connectivity index (χ4v) is 4.25. The van der Waals surface area contributed by atoms with Gasteiger partial charge in [-0.1, -0.05) is 13.0 Å². The second-order valence-corrected chi connectivity index (χ2v) is 9.77. The zero-order valence-corrected chi connectivity index (χ0v) is 19.2. The van der Waals surface area contributed by atoms with Gasteiger partial charge < -0.3 is 15.0 Å². The molecule has 0 aliphatic carbocycles. The van der Waals surface area contributed by atoms with E-state index in [0.29, 0.717) is 23.5 Å². The Balaban J connectivity index is 1.88. The predicted octanol–water partition coefficient (Wildman–Crippen LogP) is 3.77. The number of sulfonamides is 1. The first kappa shape index (κ1) is 23.3. The molecule has 170 valence electrons. The topological polar surface area (TPSA) is 105 Å². The number of amides is 2. The molecule has 0 bridgehead atoms. The van der Waals surface area contributed by atoms with Crippen LogP contribution in [0.15, 0.2) is 60.0 Å². The van der Waals surface area contributed by atoms with Gasteiger partial charge in [0.15, 0.2) is 0 Å². The number of carbonyl (C=O) groups excluding carboxylic acids is 2. The van der Waals surface area contributed by atoms with Gasteiger partial charge in [-0.2, -0.15) is 0 Å². The van der Waals surface area contributed by atoms with Crippen LogP contribution < -0.4 is 19.7 Å². The summed E-state index contributed by atoms with van der Waals surface area (Å²) in [5.41, 5.74) is 0.533. The molecule has 0 saturated carbocycles. The average Bonchev–Trinajstić information content (AvgIpc) is 2.84. The maximum atomic E-state index is 13.0. The lowest BCUT2D eigenvalue weighted by Crippen LogP contribution is -2.42. The summed E-state index contributed by atoms with van der Waals surface area (Å²) in [6, 6.07) is 10.7. The molecule has 0 saturated heterocycles. The Bertz CT molecular complexity index is 1140. The van der Waals surface area contributed by atoms with Gasteiger partial charge in [0.25, 0.3) is 10.0 Å². The number of carbonyl (C=O) groups is 2. The molecule has 9 heteroatoms. The van der Waals surface area contributed by atoms with Crippen molar-refractivity contribution in [3.8, 4) is 5.75 Å². The molecule has 0 unspecified atom stereocenters. The first-order chi connectivity index (χ1) is 15.1. The van der Waals surface area contributed by atoms with Crippen LogP contribution in [0.4, 0.5) is 17.1 Å². The number of hydrogen-bond acceptors (Lipinski definition) is 5. The van der Waals surface area contributed by atoms with Gasteiger partial charge in [-0.05, 0) is 56.3 Å². The van der Waals surface area contributed by atoms with Gasteiger partial charge >= 0.3 is 0 Å². The summed E-state index contributed by atoms with van der Waals surface area (Å²) in [5, 5.41) is 2.67. The molecule has 2 aromatic rings. The van der Waals surface area contributed by atoms with E-state index in [1.54, 1.807) is 49.9 Å². The van der Waals surface area contributed by atoms with Crippen molar-refractivity contribution in [2.45, 2.75) is 32.1 Å². The van der Waals surface area contributed by atoms with Crippen LogP contribution in [0.5, 0.6) is 5.75 Å². The van der Waals surface area contributed by atoms with E-state index < -0.39 is 15.4 Å². The quantitative estimate of drug-likeness (QED) is 0.616. The minimum atomic E-state index is -3.89. The molecule has 1 aliphatic rings. The van der Waals surface area contributed by atoms with Gasteiger partial charge in [-0.3, -0.25) is 14.3 Å². The molecule has 0 atom stereocenters. The third-order valence-corrected chi connectivity index (χ3v) is 6.39. The number of rotatable bonds is 7. The molecule has 2 aromatic carbocycles. The minimum absolute atomic E-state index is 0.0401. The van der Waals surface area contributed by atoms with Crippen LogP contribution in [0.3, 0.4) is 0 Å². The summed E-state index contributed by atoms with van der Waals surface area (Å²) in [6.45, 7) is 9.52. The van der Waals surface area contributed by atoms with Crippen LogP contribution in [0, 0.1) is 5.41 Å². The molecule has 2 N–H and O–H groups in total. The lowest BCUT2D eigenvalue weighted by molar-refractivity contribution is -0.127. The highest BCUT2D eigenvalue weighted by Crippen LogP contribution is 2.38. The molecule has 0 aromatic heterocycles. The van der Waals surface area contributed by atoms with Gasteiger partial charge in [-0.25, -0.2) is 8.42 Å². The first-order valence-electron chi connectivity index (χ1n) is 10.2. The van der Waals surface area contributed by atoms with Crippen LogP contribution >= 0.6 is 0 Å². The Labute approximate surface area is 188 Å². The molecular weight excluding hydrogens is 430 g/mol. The van der Waals surface area contributed by atoms with Crippen molar-refractivity contribution < 1.29 is 22.7 Å². The Morgan fingerprint density at radius 1 is 1.19 bits per heavy atom. The third-order valence-electron chi connectivity index (χ3n) is 5.00. The molecular formula is C23H27N3O5S. The summed E-state index contributed by atoms with van der Waals surface area (Å²) in [7, 11) is -3.89. The molecule has 0 radical (unpaired) electrons. The third kappa shape index (κ3) is 4.94. The van der Waals surface area contributed by atoms with Crippen molar-refractivity contribution >= 4 is 38.9 Å². The van der Waals surface area contributed by atoms with E-state index in [0.717, 1.165) is 0 Å². The Morgan fingerprint density at radius 2 is 1.84 bits per heavy atom. The van der Waals surface area contributed by atoms with Crippen LogP contribution in [0.1, 0.15) is 27.2 Å². The van der Waals surface area contributed by atoms with Gasteiger partial charge in [0.1, 0.15) is 12.4 Å². The molecule has 1 heterocycles. The Morgan fingerprint density at radius 3 is 2.47 bits per heavy atom. The maximum Gasteiger partial charge on any atom is 0.261 e. The number of nitrogens with one attached hydrogen (secondary N) is 2. The number of hydrogen-bond donors (Lipinski definition) is 2. The fourth-order valence-electron chi connectivity index (χ4n) is 3.20. The van der Waals surface area contributed by atoms with E-state index >= 15 is 0 Å². The van der Waals surface area contributed by atoms with Crippen LogP contribution in [-0.4, -0.2) is 33.4 Å². The van der Waals surface area contributed by atoms with Gasteiger partial charge in [0.05, 0.1) is 21.7 Å². The number of nitrogens with zero attached hydrogens (tertiary/aromatic N) is 1.